The Morgan fingerprint density at radius 3 is 2.27 bits per heavy atom. The molecule has 0 N–H and O–H groups in total. The van der Waals surface area contributed by atoms with E-state index in [2.05, 4.69) is 74.5 Å². The average molecular weight is 524 g/mol. The molecule has 7 rings (SSSR count). The Hall–Kier alpha value is -4.75. The van der Waals surface area contributed by atoms with Crippen molar-refractivity contribution in [2.24, 2.45) is 7.05 Å². The van der Waals surface area contributed by atoms with E-state index in [9.17, 15) is 9.65 Å². The number of halogens is 1. The molecule has 0 saturated carbocycles. The minimum atomic E-state index is -0.247. The molecular weight excluding hydrogens is 495 g/mol. The van der Waals surface area contributed by atoms with Crippen molar-refractivity contribution in [3.63, 3.8) is 0 Å². The van der Waals surface area contributed by atoms with Crippen LogP contribution in [-0.2, 0) is 12.5 Å². The molecule has 194 valence electrons. The molecule has 4 heteroatoms. The van der Waals surface area contributed by atoms with Gasteiger partial charge >= 0.3 is 0 Å². The van der Waals surface area contributed by atoms with Crippen LogP contribution in [0.5, 0.6) is 0 Å². The van der Waals surface area contributed by atoms with Crippen molar-refractivity contribution in [3.8, 4) is 39.6 Å². The fourth-order valence-electron chi connectivity index (χ4n) is 6.53. The first-order chi connectivity index (χ1) is 19.2. The highest BCUT2D eigenvalue weighted by molar-refractivity contribution is 6.14. The van der Waals surface area contributed by atoms with E-state index in [0.29, 0.717) is 16.7 Å². The Balaban J connectivity index is 1.52. The number of rotatable bonds is 2. The molecule has 4 aromatic carbocycles. The van der Waals surface area contributed by atoms with Gasteiger partial charge in [0.1, 0.15) is 18.2 Å². The van der Waals surface area contributed by atoms with Gasteiger partial charge in [0.25, 0.3) is 0 Å². The van der Waals surface area contributed by atoms with Gasteiger partial charge in [0.15, 0.2) is 5.82 Å². The van der Waals surface area contributed by atoms with Crippen molar-refractivity contribution in [2.45, 2.75) is 33.1 Å². The fourth-order valence-corrected chi connectivity index (χ4v) is 6.53. The van der Waals surface area contributed by atoms with Crippen molar-refractivity contribution in [3.05, 3.63) is 113 Å². The summed E-state index contributed by atoms with van der Waals surface area (Å²) in [6, 6.07) is 27.4. The molecule has 0 unspecified atom stereocenters. The quantitative estimate of drug-likeness (QED) is 0.213. The molecule has 0 bridgehead atoms. The molecule has 1 aliphatic rings. The third-order valence-electron chi connectivity index (χ3n) is 8.68. The Bertz CT molecular complexity index is 2090. The van der Waals surface area contributed by atoms with Crippen LogP contribution in [0, 0.1) is 31.0 Å². The summed E-state index contributed by atoms with van der Waals surface area (Å²) >= 11 is 0. The van der Waals surface area contributed by atoms with Crippen molar-refractivity contribution in [2.75, 3.05) is 0 Å². The average Bonchev–Trinajstić information content (AvgIpc) is 3.43. The first-order valence-corrected chi connectivity index (χ1v) is 13.5. The molecule has 0 saturated heterocycles. The Morgan fingerprint density at radius 1 is 0.800 bits per heavy atom. The third-order valence-corrected chi connectivity index (χ3v) is 8.68. The lowest BCUT2D eigenvalue weighted by Crippen LogP contribution is -2.31. The van der Waals surface area contributed by atoms with Gasteiger partial charge in [-0.2, -0.15) is 9.83 Å². The number of pyridine rings is 1. The van der Waals surface area contributed by atoms with Gasteiger partial charge in [-0.3, -0.25) is 0 Å². The Kier molecular flexibility index (Phi) is 5.09. The maximum atomic E-state index is 14.3. The highest BCUT2D eigenvalue weighted by atomic mass is 19.1. The van der Waals surface area contributed by atoms with E-state index in [4.69, 9.17) is 4.42 Å². The predicted molar refractivity (Wildman–Crippen MR) is 157 cm³/mol. The maximum Gasteiger partial charge on any atom is 0.216 e. The van der Waals surface area contributed by atoms with E-state index in [0.717, 1.165) is 44.3 Å². The molecule has 0 fully saturated rings. The lowest BCUT2D eigenvalue weighted by molar-refractivity contribution is -0.662. The monoisotopic (exact) mass is 523 g/mol. The first kappa shape index (κ1) is 24.3. The highest BCUT2D eigenvalue weighted by Gasteiger charge is 2.35. The van der Waals surface area contributed by atoms with Gasteiger partial charge in [0.2, 0.25) is 11.9 Å². The van der Waals surface area contributed by atoms with Crippen molar-refractivity contribution >= 4 is 21.9 Å². The summed E-state index contributed by atoms with van der Waals surface area (Å²) in [6.07, 6.45) is 1.51. The molecule has 6 aromatic rings. The lowest BCUT2D eigenvalue weighted by atomic mass is 9.81. The summed E-state index contributed by atoms with van der Waals surface area (Å²) in [6.45, 7) is 8.34. The zero-order chi connectivity index (χ0) is 27.9. The maximum absolute atomic E-state index is 14.3. The van der Waals surface area contributed by atoms with Gasteiger partial charge < -0.3 is 4.42 Å². The SMILES string of the molecule is Cc1cc(-c2c(C)ccc3c2oc2c(-c4ccc5c(c4)C(C)(C)c4ccccc4-5)c(C#N)ccc23)[n+](C)cc1F. The molecule has 0 atom stereocenters. The fraction of sp³-hybridized carbons (Fsp3) is 0.167. The van der Waals surface area contributed by atoms with Crippen LogP contribution in [0.3, 0.4) is 0 Å². The number of nitriles is 1. The second-order valence-electron chi connectivity index (χ2n) is 11.4. The summed E-state index contributed by atoms with van der Waals surface area (Å²) in [5.74, 6) is -0.247. The summed E-state index contributed by atoms with van der Waals surface area (Å²) in [4.78, 5) is 0. The summed E-state index contributed by atoms with van der Waals surface area (Å²) in [5, 5.41) is 12.1. The molecule has 2 heterocycles. The molecule has 1 aliphatic carbocycles. The van der Waals surface area contributed by atoms with E-state index in [1.54, 1.807) is 11.5 Å². The predicted octanol–water partition coefficient (Wildman–Crippen LogP) is 8.68. The van der Waals surface area contributed by atoms with Gasteiger partial charge in [-0.25, -0.2) is 4.39 Å². The molecular formula is C36H28FN2O+. The number of aryl methyl sites for hydroxylation is 3. The number of furan rings is 1. The van der Waals surface area contributed by atoms with Crippen LogP contribution in [0.25, 0.3) is 55.4 Å². The topological polar surface area (TPSA) is 40.8 Å². The van der Waals surface area contributed by atoms with E-state index >= 15 is 0 Å². The van der Waals surface area contributed by atoms with Crippen LogP contribution in [0.4, 0.5) is 4.39 Å². The molecule has 0 aliphatic heterocycles. The molecule has 40 heavy (non-hydrogen) atoms. The van der Waals surface area contributed by atoms with Gasteiger partial charge in [-0.1, -0.05) is 62.4 Å². The van der Waals surface area contributed by atoms with Gasteiger partial charge in [0.05, 0.1) is 17.2 Å². The standard InChI is InChI=1S/C36H28FN2O/c1-20-10-13-26-27-15-12-23(18-38)33(35(27)40-34(26)32(20)31-16-21(2)30(37)19-39(31)5)22-11-14-25-24-8-6-7-9-28(24)36(3,4)29(25)17-22/h6-17,19H,1-5H3/q+1. The number of nitrogens with zero attached hydrogens (tertiary/aromatic N) is 2. The zero-order valence-corrected chi connectivity index (χ0v) is 23.2. The zero-order valence-electron chi connectivity index (χ0n) is 23.2. The van der Waals surface area contributed by atoms with Gasteiger partial charge in [-0.05, 0) is 71.0 Å². The van der Waals surface area contributed by atoms with Gasteiger partial charge in [-0.15, -0.1) is 0 Å². The largest absolute Gasteiger partial charge is 0.454 e. The lowest BCUT2D eigenvalue weighted by Gasteiger charge is -2.22. The molecule has 0 amide bonds. The van der Waals surface area contributed by atoms with E-state index < -0.39 is 0 Å². The number of hydrogen-bond donors (Lipinski definition) is 0. The minimum Gasteiger partial charge on any atom is -0.454 e. The van der Waals surface area contributed by atoms with Crippen LogP contribution < -0.4 is 4.57 Å². The Morgan fingerprint density at radius 2 is 1.50 bits per heavy atom. The van der Waals surface area contributed by atoms with Crippen LogP contribution in [0.15, 0.2) is 83.4 Å². The number of hydrogen-bond acceptors (Lipinski definition) is 2. The van der Waals surface area contributed by atoms with E-state index in [-0.39, 0.29) is 11.2 Å². The first-order valence-electron chi connectivity index (χ1n) is 13.5. The molecule has 0 radical (unpaired) electrons. The van der Waals surface area contributed by atoms with Crippen LogP contribution in [-0.4, -0.2) is 0 Å². The Labute approximate surface area is 232 Å². The number of fused-ring (bicyclic) bond motifs is 6. The van der Waals surface area contributed by atoms with Crippen LogP contribution in [0.2, 0.25) is 0 Å². The second kappa shape index (κ2) is 8.37. The summed E-state index contributed by atoms with van der Waals surface area (Å²) in [5.41, 5.74) is 12.1. The summed E-state index contributed by atoms with van der Waals surface area (Å²) in [7, 11) is 1.85. The molecule has 3 nitrogen and oxygen atoms in total. The molecule has 0 spiro atoms. The normalized spacial score (nSPS) is 13.4. The highest BCUT2D eigenvalue weighted by Crippen LogP contribution is 2.50. The van der Waals surface area contributed by atoms with E-state index in [1.165, 1.54) is 28.5 Å². The smallest absolute Gasteiger partial charge is 0.216 e. The third kappa shape index (κ3) is 3.24. The van der Waals surface area contributed by atoms with E-state index in [1.807, 2.05) is 32.2 Å². The molecule has 2 aromatic heterocycles. The van der Waals surface area contributed by atoms with Crippen LogP contribution in [0.1, 0.15) is 41.7 Å². The van der Waals surface area contributed by atoms with Crippen molar-refractivity contribution < 1.29 is 13.4 Å². The minimum absolute atomic E-state index is 0.157. The van der Waals surface area contributed by atoms with Crippen molar-refractivity contribution in [1.29, 1.82) is 5.26 Å². The van der Waals surface area contributed by atoms with Crippen molar-refractivity contribution in [1.82, 2.24) is 0 Å². The van der Waals surface area contributed by atoms with Crippen LogP contribution >= 0.6 is 0 Å². The number of benzene rings is 4. The summed E-state index contributed by atoms with van der Waals surface area (Å²) < 4.78 is 22.9. The van der Waals surface area contributed by atoms with Gasteiger partial charge in [0, 0.05) is 27.8 Å². The number of aromatic nitrogens is 1. The second-order valence-corrected chi connectivity index (χ2v) is 11.4.